The van der Waals surface area contributed by atoms with Crippen LogP contribution in [0.1, 0.15) is 67.3 Å². The highest BCUT2D eigenvalue weighted by Gasteiger charge is 2.35. The van der Waals surface area contributed by atoms with Crippen LogP contribution < -0.4 is 5.73 Å². The van der Waals surface area contributed by atoms with Gasteiger partial charge in [-0.25, -0.2) is 0 Å². The van der Waals surface area contributed by atoms with Crippen LogP contribution >= 0.6 is 0 Å². The fourth-order valence-corrected chi connectivity index (χ4v) is 3.77. The van der Waals surface area contributed by atoms with Gasteiger partial charge in [-0.1, -0.05) is 0 Å². The molecule has 0 bridgehead atoms. The van der Waals surface area contributed by atoms with E-state index in [4.69, 9.17) is 10.8 Å². The Morgan fingerprint density at radius 1 is 1.29 bits per heavy atom. The highest BCUT2D eigenvalue weighted by molar-refractivity contribution is 5.36. The van der Waals surface area contributed by atoms with Crippen molar-refractivity contribution in [3.8, 4) is 0 Å². The van der Waals surface area contributed by atoms with Gasteiger partial charge in [-0.15, -0.1) is 0 Å². The van der Waals surface area contributed by atoms with Crippen molar-refractivity contribution < 1.29 is 0 Å². The smallest absolute Gasteiger partial charge is 0.0693 e. The summed E-state index contributed by atoms with van der Waals surface area (Å²) in [6.07, 6.45) is 8.85. The van der Waals surface area contributed by atoms with Gasteiger partial charge in [0.15, 0.2) is 0 Å². The van der Waals surface area contributed by atoms with Gasteiger partial charge in [0.05, 0.1) is 5.69 Å². The van der Waals surface area contributed by atoms with Gasteiger partial charge in [-0.05, 0) is 83.6 Å². The molecule has 1 heterocycles. The second-order valence-corrected chi connectivity index (χ2v) is 7.07. The topological polar surface area (TPSA) is 47.1 Å². The molecule has 1 atom stereocenters. The average Bonchev–Trinajstić information content (AvgIpc) is 3.22. The maximum atomic E-state index is 5.85. The van der Waals surface area contributed by atoms with Crippen LogP contribution in [-0.4, -0.2) is 41.9 Å². The monoisotopic (exact) mass is 290 g/mol. The standard InChI is InChI=1S/C17H30N4/c1-20(2)11-4-12-21-15-6-3-5-13(9-10-18)16(15)17(19-21)14-7-8-14/h13-14H,3-12,18H2,1-2H3. The van der Waals surface area contributed by atoms with Crippen LogP contribution in [0.4, 0.5) is 0 Å². The molecule has 3 rings (SSSR count). The lowest BCUT2D eigenvalue weighted by atomic mass is 9.82. The Balaban J connectivity index is 1.82. The van der Waals surface area contributed by atoms with Crippen LogP contribution in [0.2, 0.25) is 0 Å². The van der Waals surface area contributed by atoms with E-state index in [1.54, 1.807) is 11.3 Å². The van der Waals surface area contributed by atoms with Gasteiger partial charge in [-0.2, -0.15) is 5.10 Å². The first-order chi connectivity index (χ1) is 10.2. The summed E-state index contributed by atoms with van der Waals surface area (Å²) in [5.41, 5.74) is 10.4. The van der Waals surface area contributed by atoms with Crippen molar-refractivity contribution in [2.75, 3.05) is 27.2 Å². The molecule has 4 nitrogen and oxygen atoms in total. The largest absolute Gasteiger partial charge is 0.330 e. The zero-order valence-electron chi connectivity index (χ0n) is 13.6. The quantitative estimate of drug-likeness (QED) is 0.839. The summed E-state index contributed by atoms with van der Waals surface area (Å²) in [6.45, 7) is 3.02. The van der Waals surface area contributed by atoms with Crippen molar-refractivity contribution in [3.63, 3.8) is 0 Å². The fraction of sp³-hybridized carbons (Fsp3) is 0.824. The summed E-state index contributed by atoms with van der Waals surface area (Å²) >= 11 is 0. The van der Waals surface area contributed by atoms with E-state index < -0.39 is 0 Å². The van der Waals surface area contributed by atoms with Gasteiger partial charge in [-0.3, -0.25) is 4.68 Å². The van der Waals surface area contributed by atoms with Gasteiger partial charge in [0, 0.05) is 18.2 Å². The first-order valence-corrected chi connectivity index (χ1v) is 8.65. The third kappa shape index (κ3) is 3.32. The Kier molecular flexibility index (Phi) is 4.65. The lowest BCUT2D eigenvalue weighted by Crippen LogP contribution is -2.18. The second kappa shape index (κ2) is 6.49. The molecule has 0 aliphatic heterocycles. The van der Waals surface area contributed by atoms with Gasteiger partial charge in [0.25, 0.3) is 0 Å². The zero-order valence-corrected chi connectivity index (χ0v) is 13.6. The van der Waals surface area contributed by atoms with E-state index in [1.165, 1.54) is 44.2 Å². The summed E-state index contributed by atoms with van der Waals surface area (Å²) in [6, 6.07) is 0. The van der Waals surface area contributed by atoms with Crippen LogP contribution in [0.15, 0.2) is 0 Å². The molecule has 2 aliphatic carbocycles. The van der Waals surface area contributed by atoms with E-state index >= 15 is 0 Å². The van der Waals surface area contributed by atoms with Crippen LogP contribution in [0.3, 0.4) is 0 Å². The first-order valence-electron chi connectivity index (χ1n) is 8.65. The van der Waals surface area contributed by atoms with Crippen molar-refractivity contribution in [1.29, 1.82) is 0 Å². The molecule has 0 saturated heterocycles. The molecule has 0 radical (unpaired) electrons. The van der Waals surface area contributed by atoms with E-state index in [-0.39, 0.29) is 0 Å². The lowest BCUT2D eigenvalue weighted by Gasteiger charge is -2.24. The number of nitrogens with zero attached hydrogens (tertiary/aromatic N) is 3. The second-order valence-electron chi connectivity index (χ2n) is 7.07. The molecule has 21 heavy (non-hydrogen) atoms. The van der Waals surface area contributed by atoms with Crippen LogP contribution in [0, 0.1) is 0 Å². The number of fused-ring (bicyclic) bond motifs is 1. The Labute approximate surface area is 128 Å². The number of hydrogen-bond acceptors (Lipinski definition) is 3. The summed E-state index contributed by atoms with van der Waals surface area (Å²) in [7, 11) is 4.29. The molecule has 1 saturated carbocycles. The van der Waals surface area contributed by atoms with Crippen molar-refractivity contribution in [2.45, 2.75) is 63.3 Å². The third-order valence-electron chi connectivity index (χ3n) is 4.96. The Bertz CT molecular complexity index is 473. The molecule has 2 aliphatic rings. The molecule has 0 spiro atoms. The zero-order chi connectivity index (χ0) is 14.8. The predicted molar refractivity (Wildman–Crippen MR) is 86.7 cm³/mol. The molecule has 1 fully saturated rings. The molecule has 118 valence electrons. The maximum Gasteiger partial charge on any atom is 0.0693 e. The van der Waals surface area contributed by atoms with Crippen molar-refractivity contribution in [1.82, 2.24) is 14.7 Å². The lowest BCUT2D eigenvalue weighted by molar-refractivity contribution is 0.376. The maximum absolute atomic E-state index is 5.85. The number of rotatable bonds is 7. The van der Waals surface area contributed by atoms with Crippen molar-refractivity contribution in [3.05, 3.63) is 17.0 Å². The Morgan fingerprint density at radius 3 is 2.76 bits per heavy atom. The molecule has 2 N–H and O–H groups in total. The van der Waals surface area contributed by atoms with Crippen LogP contribution in [-0.2, 0) is 13.0 Å². The van der Waals surface area contributed by atoms with Crippen LogP contribution in [0.5, 0.6) is 0 Å². The van der Waals surface area contributed by atoms with E-state index in [2.05, 4.69) is 23.7 Å². The molecule has 0 amide bonds. The summed E-state index contributed by atoms with van der Waals surface area (Å²) < 4.78 is 2.34. The number of nitrogens with two attached hydrogens (primary N) is 1. The van der Waals surface area contributed by atoms with Gasteiger partial charge < -0.3 is 10.6 Å². The third-order valence-corrected chi connectivity index (χ3v) is 4.96. The van der Waals surface area contributed by atoms with Crippen molar-refractivity contribution in [2.24, 2.45) is 5.73 Å². The Morgan fingerprint density at radius 2 is 2.10 bits per heavy atom. The minimum atomic E-state index is 0.678. The van der Waals surface area contributed by atoms with Gasteiger partial charge >= 0.3 is 0 Å². The molecular weight excluding hydrogens is 260 g/mol. The van der Waals surface area contributed by atoms with Gasteiger partial charge in [0.1, 0.15) is 0 Å². The number of hydrogen-bond donors (Lipinski definition) is 1. The minimum absolute atomic E-state index is 0.678. The molecule has 0 aromatic carbocycles. The summed E-state index contributed by atoms with van der Waals surface area (Å²) in [4.78, 5) is 2.26. The van der Waals surface area contributed by atoms with E-state index in [1.807, 2.05) is 0 Å². The molecule has 1 aromatic heterocycles. The fourth-order valence-electron chi connectivity index (χ4n) is 3.77. The van der Waals surface area contributed by atoms with Gasteiger partial charge in [0.2, 0.25) is 0 Å². The van der Waals surface area contributed by atoms with Crippen molar-refractivity contribution >= 4 is 0 Å². The normalized spacial score (nSPS) is 21.8. The number of aryl methyl sites for hydroxylation is 1. The average molecular weight is 290 g/mol. The molecule has 1 unspecified atom stereocenters. The predicted octanol–water partition coefficient (Wildman–Crippen LogP) is 2.48. The minimum Gasteiger partial charge on any atom is -0.330 e. The Hall–Kier alpha value is -0.870. The van der Waals surface area contributed by atoms with E-state index in [0.29, 0.717) is 5.92 Å². The molecule has 4 heteroatoms. The highest BCUT2D eigenvalue weighted by Crippen LogP contribution is 2.46. The van der Waals surface area contributed by atoms with E-state index in [9.17, 15) is 0 Å². The summed E-state index contributed by atoms with van der Waals surface area (Å²) in [5, 5.41) is 5.04. The molecular formula is C17H30N4. The van der Waals surface area contributed by atoms with Crippen LogP contribution in [0.25, 0.3) is 0 Å². The van der Waals surface area contributed by atoms with E-state index in [0.717, 1.165) is 32.0 Å². The summed E-state index contributed by atoms with van der Waals surface area (Å²) in [5.74, 6) is 1.43. The number of aromatic nitrogens is 2. The molecule has 1 aromatic rings. The highest BCUT2D eigenvalue weighted by atomic mass is 15.3. The SMILES string of the molecule is CN(C)CCCn1nc(C2CC2)c2c1CCCC2CCN. The first kappa shape index (κ1) is 15.0.